The van der Waals surface area contributed by atoms with Crippen LogP contribution in [-0.4, -0.2) is 0 Å². The molecule has 4 heavy (non-hydrogen) atoms. The van der Waals surface area contributed by atoms with E-state index in [9.17, 15) is 0 Å². The second-order valence-corrected chi connectivity index (χ2v) is 1.84. The van der Waals surface area contributed by atoms with Gasteiger partial charge in [-0.15, -0.1) is 0 Å². The summed E-state index contributed by atoms with van der Waals surface area (Å²) in [6.45, 7) is 0. The molecular formula is S3Zn. The van der Waals surface area contributed by atoms with Crippen molar-refractivity contribution >= 4 is 33.1 Å². The molecule has 0 heterocycles. The summed E-state index contributed by atoms with van der Waals surface area (Å²) in [6.07, 6.45) is 0. The molecule has 4 heteroatoms. The molecule has 0 bridgehead atoms. The average Bonchev–Trinajstić information content (AvgIpc) is 0.918. The summed E-state index contributed by atoms with van der Waals surface area (Å²) in [6, 6.07) is 0. The Labute approximate surface area is 52.5 Å². The van der Waals surface area contributed by atoms with Crippen LogP contribution in [0.1, 0.15) is 0 Å². The molecule has 0 radical (unpaired) electrons. The standard InChI is InChI=1S/H2S3.Zn/c1-3-2;/h1-2H;/q;+2/p-2. The molecule has 20 valence electrons. The quantitative estimate of drug-likeness (QED) is 0.291. The Hall–Kier alpha value is 1.67. The minimum absolute atomic E-state index is 0. The van der Waals surface area contributed by atoms with Crippen molar-refractivity contribution in [3.8, 4) is 0 Å². The van der Waals surface area contributed by atoms with E-state index in [1.165, 1.54) is 0 Å². The summed E-state index contributed by atoms with van der Waals surface area (Å²) in [5, 5.41) is 0. The topological polar surface area (TPSA) is 0 Å². The third kappa shape index (κ3) is 9.38. The van der Waals surface area contributed by atoms with E-state index in [1.807, 2.05) is 0 Å². The molecule has 0 atom stereocenters. The van der Waals surface area contributed by atoms with Crippen LogP contribution in [0.3, 0.4) is 0 Å². The van der Waals surface area contributed by atoms with Crippen molar-refractivity contribution < 1.29 is 19.5 Å². The fraction of sp³-hybridized carbons (Fsp3) is 0. The van der Waals surface area contributed by atoms with Gasteiger partial charge in [0, 0.05) is 0 Å². The van der Waals surface area contributed by atoms with E-state index in [1.54, 1.807) is 0 Å². The first-order valence-corrected chi connectivity index (χ1v) is 3.00. The van der Waals surface area contributed by atoms with Gasteiger partial charge in [0.25, 0.3) is 0 Å². The van der Waals surface area contributed by atoms with Gasteiger partial charge in [0.2, 0.25) is 0 Å². The van der Waals surface area contributed by atoms with Crippen LogP contribution in [0.4, 0.5) is 0 Å². The van der Waals surface area contributed by atoms with Crippen molar-refractivity contribution in [1.82, 2.24) is 0 Å². The summed E-state index contributed by atoms with van der Waals surface area (Å²) in [7, 11) is 0.917. The molecule has 0 aliphatic carbocycles. The van der Waals surface area contributed by atoms with Crippen LogP contribution in [-0.2, 0) is 42.8 Å². The zero-order chi connectivity index (χ0) is 2.71. The molecule has 0 unspecified atom stereocenters. The average molecular weight is 162 g/mol. The van der Waals surface area contributed by atoms with Crippen LogP contribution < -0.4 is 0 Å². The zero-order valence-corrected chi connectivity index (χ0v) is 7.35. The first kappa shape index (κ1) is 9.18. The van der Waals surface area contributed by atoms with Crippen LogP contribution in [0, 0.1) is 0 Å². The molecule has 0 rings (SSSR count). The van der Waals surface area contributed by atoms with Gasteiger partial charge in [0.1, 0.15) is 0 Å². The molecule has 0 saturated heterocycles. The molecular weight excluding hydrogens is 162 g/mol. The van der Waals surface area contributed by atoms with Crippen LogP contribution in [0.2, 0.25) is 0 Å². The molecule has 0 fully saturated rings. The summed E-state index contributed by atoms with van der Waals surface area (Å²) >= 11 is 8.25. The fourth-order valence-electron chi connectivity index (χ4n) is 0. The molecule has 0 aliphatic heterocycles. The zero-order valence-electron chi connectivity index (χ0n) is 1.93. The number of rotatable bonds is 0. The van der Waals surface area contributed by atoms with Crippen LogP contribution in [0.25, 0.3) is 0 Å². The molecule has 0 aromatic heterocycles. The molecule has 0 nitrogen and oxygen atoms in total. The molecule has 0 aliphatic rings. The second kappa shape index (κ2) is 8.82. The van der Waals surface area contributed by atoms with Crippen LogP contribution >= 0.6 is 9.83 Å². The van der Waals surface area contributed by atoms with E-state index in [0.29, 0.717) is 0 Å². The van der Waals surface area contributed by atoms with Crippen LogP contribution in [0.5, 0.6) is 0 Å². The normalized spacial score (nSPS) is 4.50. The van der Waals surface area contributed by atoms with Crippen LogP contribution in [0.15, 0.2) is 0 Å². The minimum Gasteiger partial charge on any atom is -0.747 e. The largest absolute Gasteiger partial charge is 2.00 e. The Morgan fingerprint density at radius 1 is 1.25 bits per heavy atom. The first-order valence-electron chi connectivity index (χ1n) is 0.333. The van der Waals surface area contributed by atoms with Gasteiger partial charge in [-0.3, -0.25) is 0 Å². The van der Waals surface area contributed by atoms with Gasteiger partial charge in [-0.2, -0.15) is 0 Å². The van der Waals surface area contributed by atoms with Gasteiger partial charge in [-0.05, 0) is 0 Å². The summed E-state index contributed by atoms with van der Waals surface area (Å²) < 4.78 is 0. The summed E-state index contributed by atoms with van der Waals surface area (Å²) in [4.78, 5) is 0. The number of hydrogen-bond acceptors (Lipinski definition) is 3. The van der Waals surface area contributed by atoms with Gasteiger partial charge in [0.05, 0.1) is 0 Å². The molecule has 0 spiro atoms. The van der Waals surface area contributed by atoms with Crippen molar-refractivity contribution in [3.05, 3.63) is 0 Å². The Bertz CT molecular complexity index is 3.25. The molecule has 0 aromatic rings. The Kier molecular flexibility index (Phi) is 20.3. The maximum absolute atomic E-state index is 4.12. The van der Waals surface area contributed by atoms with E-state index < -0.39 is 0 Å². The third-order valence-electron chi connectivity index (χ3n) is 0. The predicted molar refractivity (Wildman–Crippen MR) is 22.3 cm³/mol. The van der Waals surface area contributed by atoms with E-state index in [-0.39, 0.29) is 19.5 Å². The SMILES string of the molecule is [S-]S[S-].[Zn+2]. The number of hydrogen-bond donors (Lipinski definition) is 0. The smallest absolute Gasteiger partial charge is 0.747 e. The van der Waals surface area contributed by atoms with E-state index in [2.05, 4.69) is 23.3 Å². The summed E-state index contributed by atoms with van der Waals surface area (Å²) in [5.74, 6) is 0. The third-order valence-corrected chi connectivity index (χ3v) is 0. The van der Waals surface area contributed by atoms with Gasteiger partial charge in [0.15, 0.2) is 0 Å². The molecule has 0 amide bonds. The first-order chi connectivity index (χ1) is 1.41. The van der Waals surface area contributed by atoms with Gasteiger partial charge < -0.3 is 33.1 Å². The fourth-order valence-corrected chi connectivity index (χ4v) is 0. The Morgan fingerprint density at radius 2 is 1.25 bits per heavy atom. The molecule has 0 aromatic carbocycles. The van der Waals surface area contributed by atoms with Crippen molar-refractivity contribution in [2.24, 2.45) is 0 Å². The maximum Gasteiger partial charge on any atom is 2.00 e. The molecule has 0 saturated carbocycles. The van der Waals surface area contributed by atoms with Gasteiger partial charge >= 0.3 is 19.5 Å². The Morgan fingerprint density at radius 3 is 1.25 bits per heavy atom. The van der Waals surface area contributed by atoms with E-state index >= 15 is 0 Å². The van der Waals surface area contributed by atoms with E-state index in [4.69, 9.17) is 0 Å². The Balaban J connectivity index is 0. The van der Waals surface area contributed by atoms with Crippen molar-refractivity contribution in [2.45, 2.75) is 0 Å². The van der Waals surface area contributed by atoms with Crippen molar-refractivity contribution in [2.75, 3.05) is 0 Å². The predicted octanol–water partition coefficient (Wildman–Crippen LogP) is 0.641. The van der Waals surface area contributed by atoms with Gasteiger partial charge in [-0.1, -0.05) is 0 Å². The maximum atomic E-state index is 4.12. The van der Waals surface area contributed by atoms with Crippen molar-refractivity contribution in [3.63, 3.8) is 0 Å². The molecule has 0 N–H and O–H groups in total. The van der Waals surface area contributed by atoms with Gasteiger partial charge in [-0.25, -0.2) is 0 Å². The monoisotopic (exact) mass is 160 g/mol. The minimum atomic E-state index is 0. The van der Waals surface area contributed by atoms with E-state index in [0.717, 1.165) is 9.83 Å². The van der Waals surface area contributed by atoms with Crippen molar-refractivity contribution in [1.29, 1.82) is 0 Å². The summed E-state index contributed by atoms with van der Waals surface area (Å²) in [5.41, 5.74) is 0. The second-order valence-electron chi connectivity index (χ2n) is 0.0680.